The van der Waals surface area contributed by atoms with E-state index in [0.717, 1.165) is 0 Å². The lowest BCUT2D eigenvalue weighted by Crippen LogP contribution is -2.21. The number of nitrogens with two attached hydrogens (primary N) is 1. The highest BCUT2D eigenvalue weighted by Gasteiger charge is 2.35. The van der Waals surface area contributed by atoms with Crippen molar-refractivity contribution in [1.82, 2.24) is 5.32 Å². The monoisotopic (exact) mass is 142 g/mol. The predicted molar refractivity (Wildman–Crippen MR) is 45.5 cm³/mol. The molecule has 2 nitrogen and oxygen atoms in total. The Hall–Kier alpha value is -0.660. The van der Waals surface area contributed by atoms with Gasteiger partial charge in [-0.25, -0.2) is 0 Å². The number of rotatable bonds is 2. The molecule has 1 fully saturated rings. The zero-order valence-electron chi connectivity index (χ0n) is 7.15. The van der Waals surface area contributed by atoms with Crippen molar-refractivity contribution in [3.63, 3.8) is 0 Å². The highest BCUT2D eigenvalue weighted by atomic mass is 15.0. The van der Waals surface area contributed by atoms with E-state index in [9.17, 15) is 0 Å². The summed E-state index contributed by atoms with van der Waals surface area (Å²) in [6.07, 6.45) is 5.88. The van der Waals surface area contributed by atoms with Crippen LogP contribution in [0, 0.1) is 0 Å². The zero-order chi connectivity index (χ0) is 8.04. The Morgan fingerprint density at radius 2 is 1.90 bits per heavy atom. The number of hydrogen-bond acceptors (Lipinski definition) is 2. The van der Waals surface area contributed by atoms with E-state index in [4.69, 9.17) is 5.73 Å². The van der Waals surface area contributed by atoms with Crippen LogP contribution in [0.15, 0.2) is 12.4 Å². The Kier molecular flexibility index (Phi) is 3.93. The van der Waals surface area contributed by atoms with Gasteiger partial charge in [-0.3, -0.25) is 0 Å². The third kappa shape index (κ3) is 3.38. The first kappa shape index (κ1) is 9.34. The topological polar surface area (TPSA) is 38.0 Å². The molecule has 0 saturated heterocycles. The van der Waals surface area contributed by atoms with E-state index in [1.165, 1.54) is 19.0 Å². The first-order valence-electron chi connectivity index (χ1n) is 3.91. The summed E-state index contributed by atoms with van der Waals surface area (Å²) in [7, 11) is 0. The van der Waals surface area contributed by atoms with E-state index in [1.54, 1.807) is 6.20 Å². The highest BCUT2D eigenvalue weighted by molar-refractivity contribution is 5.00. The van der Waals surface area contributed by atoms with Crippen molar-refractivity contribution in [2.24, 2.45) is 5.73 Å². The zero-order valence-corrected chi connectivity index (χ0v) is 7.15. The first-order valence-corrected chi connectivity index (χ1v) is 3.91. The molecule has 0 amide bonds. The van der Waals surface area contributed by atoms with Crippen molar-refractivity contribution in [2.75, 3.05) is 0 Å². The molecule has 0 radical (unpaired) electrons. The van der Waals surface area contributed by atoms with Gasteiger partial charge < -0.3 is 11.1 Å². The van der Waals surface area contributed by atoms with Crippen molar-refractivity contribution in [3.8, 4) is 0 Å². The number of hydrogen-bond donors (Lipinski definition) is 2. The van der Waals surface area contributed by atoms with Crippen LogP contribution in [0.4, 0.5) is 0 Å². The van der Waals surface area contributed by atoms with Crippen LogP contribution in [0.1, 0.15) is 33.6 Å². The van der Waals surface area contributed by atoms with E-state index in [1.807, 2.05) is 13.8 Å². The van der Waals surface area contributed by atoms with Gasteiger partial charge in [0.05, 0.1) is 0 Å². The summed E-state index contributed by atoms with van der Waals surface area (Å²) in [4.78, 5) is 0. The minimum absolute atomic E-state index is 0.385. The lowest BCUT2D eigenvalue weighted by molar-refractivity contribution is 0.637. The molecule has 1 aliphatic rings. The summed E-state index contributed by atoms with van der Waals surface area (Å²) in [5.74, 6) is 0. The molecule has 0 atom stereocenters. The van der Waals surface area contributed by atoms with E-state index >= 15 is 0 Å². The summed E-state index contributed by atoms with van der Waals surface area (Å²) >= 11 is 0. The molecule has 0 heterocycles. The van der Waals surface area contributed by atoms with Gasteiger partial charge in [0.1, 0.15) is 0 Å². The Morgan fingerprint density at radius 1 is 1.40 bits per heavy atom. The standard InChI is InChI=1S/C6H12N2.C2H6/c1-6(2-3-6)8-5-4-7;1-2/h4-5,8H,2-3,7H2,1H3;1-2H3/b5-4-;. The second kappa shape index (κ2) is 4.20. The third-order valence-corrected chi connectivity index (χ3v) is 1.53. The van der Waals surface area contributed by atoms with Crippen LogP contribution in [0.2, 0.25) is 0 Å². The van der Waals surface area contributed by atoms with Gasteiger partial charge in [0, 0.05) is 17.9 Å². The Balaban J connectivity index is 0.000000371. The van der Waals surface area contributed by atoms with Crippen molar-refractivity contribution in [3.05, 3.63) is 12.4 Å². The molecule has 0 aromatic rings. The van der Waals surface area contributed by atoms with Crippen LogP contribution < -0.4 is 11.1 Å². The Bertz CT molecular complexity index is 104. The van der Waals surface area contributed by atoms with Gasteiger partial charge in [0.15, 0.2) is 0 Å². The molecule has 60 valence electrons. The van der Waals surface area contributed by atoms with Crippen LogP contribution in [-0.2, 0) is 0 Å². The van der Waals surface area contributed by atoms with Crippen molar-refractivity contribution in [2.45, 2.75) is 39.2 Å². The van der Waals surface area contributed by atoms with E-state index in [0.29, 0.717) is 5.54 Å². The van der Waals surface area contributed by atoms with Crippen molar-refractivity contribution < 1.29 is 0 Å². The minimum atomic E-state index is 0.385. The van der Waals surface area contributed by atoms with Crippen LogP contribution in [0.3, 0.4) is 0 Å². The maximum Gasteiger partial charge on any atom is 0.0342 e. The molecule has 2 heteroatoms. The largest absolute Gasteiger partial charge is 0.403 e. The maximum absolute atomic E-state index is 5.12. The molecule has 3 N–H and O–H groups in total. The molecule has 0 bridgehead atoms. The Labute approximate surface area is 63.5 Å². The average molecular weight is 142 g/mol. The van der Waals surface area contributed by atoms with Crippen LogP contribution >= 0.6 is 0 Å². The highest BCUT2D eigenvalue weighted by Crippen LogP contribution is 2.33. The Morgan fingerprint density at radius 3 is 2.20 bits per heavy atom. The summed E-state index contributed by atoms with van der Waals surface area (Å²) in [5, 5.41) is 3.18. The smallest absolute Gasteiger partial charge is 0.0342 e. The second-order valence-corrected chi connectivity index (χ2v) is 2.56. The summed E-state index contributed by atoms with van der Waals surface area (Å²) in [6, 6.07) is 0. The molecule has 0 unspecified atom stereocenters. The molecule has 0 aromatic heterocycles. The molecular weight excluding hydrogens is 124 g/mol. The summed E-state index contributed by atoms with van der Waals surface area (Å²) < 4.78 is 0. The molecule has 0 aliphatic heterocycles. The molecular formula is C8H18N2. The quantitative estimate of drug-likeness (QED) is 0.614. The van der Waals surface area contributed by atoms with Gasteiger partial charge in [-0.05, 0) is 19.8 Å². The van der Waals surface area contributed by atoms with Crippen LogP contribution in [-0.4, -0.2) is 5.54 Å². The van der Waals surface area contributed by atoms with E-state index < -0.39 is 0 Å². The van der Waals surface area contributed by atoms with Gasteiger partial charge in [-0.15, -0.1) is 0 Å². The van der Waals surface area contributed by atoms with Gasteiger partial charge in [-0.2, -0.15) is 0 Å². The summed E-state index contributed by atoms with van der Waals surface area (Å²) in [5.41, 5.74) is 5.51. The SMILES string of the molecule is CC.CC1(N/C=C\N)CC1. The maximum atomic E-state index is 5.12. The fourth-order valence-corrected chi connectivity index (χ4v) is 0.581. The molecule has 0 spiro atoms. The lowest BCUT2D eigenvalue weighted by Gasteiger charge is -2.05. The lowest BCUT2D eigenvalue weighted by atomic mass is 10.3. The van der Waals surface area contributed by atoms with Crippen LogP contribution in [0.25, 0.3) is 0 Å². The molecule has 1 rings (SSSR count). The van der Waals surface area contributed by atoms with E-state index in [-0.39, 0.29) is 0 Å². The van der Waals surface area contributed by atoms with Crippen molar-refractivity contribution >= 4 is 0 Å². The number of nitrogens with one attached hydrogen (secondary N) is 1. The van der Waals surface area contributed by atoms with Gasteiger partial charge >= 0.3 is 0 Å². The molecule has 0 aromatic carbocycles. The van der Waals surface area contributed by atoms with E-state index in [2.05, 4.69) is 12.2 Å². The molecule has 1 aliphatic carbocycles. The third-order valence-electron chi connectivity index (χ3n) is 1.53. The van der Waals surface area contributed by atoms with Gasteiger partial charge in [-0.1, -0.05) is 13.8 Å². The van der Waals surface area contributed by atoms with Crippen molar-refractivity contribution in [1.29, 1.82) is 0 Å². The molecule has 10 heavy (non-hydrogen) atoms. The molecule has 1 saturated carbocycles. The first-order chi connectivity index (χ1) is 4.77. The predicted octanol–water partition coefficient (Wildman–Crippen LogP) is 1.58. The second-order valence-electron chi connectivity index (χ2n) is 2.56. The fraction of sp³-hybridized carbons (Fsp3) is 0.750. The van der Waals surface area contributed by atoms with Crippen LogP contribution in [0.5, 0.6) is 0 Å². The van der Waals surface area contributed by atoms with Gasteiger partial charge in [0.25, 0.3) is 0 Å². The average Bonchev–Trinajstić information content (AvgIpc) is 2.70. The normalized spacial score (nSPS) is 19.5. The summed E-state index contributed by atoms with van der Waals surface area (Å²) in [6.45, 7) is 6.19. The minimum Gasteiger partial charge on any atom is -0.403 e. The van der Waals surface area contributed by atoms with Gasteiger partial charge in [0.2, 0.25) is 0 Å². The fourth-order valence-electron chi connectivity index (χ4n) is 0.581.